The minimum atomic E-state index is -2.23. The van der Waals surface area contributed by atoms with Gasteiger partial charge in [0.15, 0.2) is 79.1 Å². The summed E-state index contributed by atoms with van der Waals surface area (Å²) < 4.78 is 77.5. The van der Waals surface area contributed by atoms with Crippen LogP contribution in [0.25, 0.3) is 0 Å². The fourth-order valence-electron chi connectivity index (χ4n) is 6.26. The highest BCUT2D eigenvalue weighted by Crippen LogP contribution is 2.39. The summed E-state index contributed by atoms with van der Waals surface area (Å²) in [6.45, 7) is 53.5. The third kappa shape index (κ3) is 20.6. The zero-order valence-electron chi connectivity index (χ0n) is 39.7. The van der Waals surface area contributed by atoms with E-state index in [9.17, 15) is 0 Å². The van der Waals surface area contributed by atoms with Gasteiger partial charge in [0, 0.05) is 0 Å². The van der Waals surface area contributed by atoms with E-state index in [1.54, 1.807) is 0 Å². The van der Waals surface area contributed by atoms with Gasteiger partial charge >= 0.3 is 0 Å². The van der Waals surface area contributed by atoms with Crippen molar-refractivity contribution < 1.29 is 49.6 Å². The molecule has 0 aromatic heterocycles. The van der Waals surface area contributed by atoms with Crippen molar-refractivity contribution in [2.45, 2.75) is 219 Å². The predicted molar refractivity (Wildman–Crippen MR) is 246 cm³/mol. The zero-order chi connectivity index (χ0) is 43.0. The SMILES string of the molecule is C[Si](C)(C)OCC1OC(O[Si](C)(C)C)C(O[Si](C)(C)C)C(OC2OC(CO[Si](C)(C)C)C(O[Si](C)(C)C)C(O[Si](C)(C)C)C2O[Si](C)(C)C)C1O[Si](C)(C)C. The lowest BCUT2D eigenvalue weighted by Crippen LogP contribution is -2.70. The van der Waals surface area contributed by atoms with Gasteiger partial charge < -0.3 is 49.6 Å². The Morgan fingerprint density at radius 1 is 0.291 bits per heavy atom. The smallest absolute Gasteiger partial charge is 0.187 e. The van der Waals surface area contributed by atoms with Crippen molar-refractivity contribution in [3.63, 3.8) is 0 Å². The molecule has 0 spiro atoms. The van der Waals surface area contributed by atoms with E-state index in [-0.39, 0.29) is 0 Å². The molecule has 0 N–H and O–H groups in total. The second kappa shape index (κ2) is 19.1. The zero-order valence-corrected chi connectivity index (χ0v) is 47.7. The summed E-state index contributed by atoms with van der Waals surface area (Å²) in [6, 6.07) is 0. The third-order valence-corrected chi connectivity index (χ3v) is 15.7. The molecule has 2 aliphatic rings. The van der Waals surface area contributed by atoms with Crippen molar-refractivity contribution in [2.75, 3.05) is 13.2 Å². The summed E-state index contributed by atoms with van der Waals surface area (Å²) in [6.07, 6.45) is -5.66. The average molecular weight is 920 g/mol. The van der Waals surface area contributed by atoms with Crippen LogP contribution >= 0.6 is 0 Å². The van der Waals surface area contributed by atoms with E-state index in [0.29, 0.717) is 13.2 Å². The van der Waals surface area contributed by atoms with E-state index in [2.05, 4.69) is 157 Å². The van der Waals surface area contributed by atoms with E-state index in [4.69, 9.17) is 49.6 Å². The van der Waals surface area contributed by atoms with Crippen molar-refractivity contribution in [3.8, 4) is 0 Å². The maximum atomic E-state index is 7.53. The maximum Gasteiger partial charge on any atom is 0.187 e. The largest absolute Gasteiger partial charge is 0.415 e. The highest BCUT2D eigenvalue weighted by Gasteiger charge is 2.57. The van der Waals surface area contributed by atoms with Gasteiger partial charge in [-0.1, -0.05) is 0 Å². The van der Waals surface area contributed by atoms with Gasteiger partial charge in [-0.2, -0.15) is 0 Å². The molecule has 11 nitrogen and oxygen atoms in total. The topological polar surface area (TPSA) is 102 Å². The molecule has 0 saturated carbocycles. The first kappa shape index (κ1) is 52.4. The lowest BCUT2D eigenvalue weighted by atomic mass is 9.97. The average Bonchev–Trinajstić information content (AvgIpc) is 2.87. The van der Waals surface area contributed by atoms with Crippen LogP contribution in [0.1, 0.15) is 0 Å². The van der Waals surface area contributed by atoms with Gasteiger partial charge in [0.05, 0.1) is 13.2 Å². The Hall–Kier alpha value is 1.30. The minimum absolute atomic E-state index is 0.358. The molecule has 0 aromatic carbocycles. The summed E-state index contributed by atoms with van der Waals surface area (Å²) >= 11 is 0. The molecule has 328 valence electrons. The van der Waals surface area contributed by atoms with Crippen LogP contribution in [0.5, 0.6) is 0 Å². The van der Waals surface area contributed by atoms with Crippen LogP contribution in [0.2, 0.25) is 157 Å². The van der Waals surface area contributed by atoms with Crippen LogP contribution in [-0.2, 0) is 49.6 Å². The Labute approximate surface area is 346 Å². The normalized spacial score (nSPS) is 31.2. The highest BCUT2D eigenvalue weighted by atomic mass is 28.4. The molecule has 2 saturated heterocycles. The Kier molecular flexibility index (Phi) is 18.2. The molecular weight excluding hydrogens is 833 g/mol. The monoisotopic (exact) mass is 918 g/mol. The minimum Gasteiger partial charge on any atom is -0.415 e. The van der Waals surface area contributed by atoms with Gasteiger partial charge in [-0.15, -0.1) is 0 Å². The van der Waals surface area contributed by atoms with Crippen LogP contribution < -0.4 is 0 Å². The van der Waals surface area contributed by atoms with Crippen molar-refractivity contribution in [3.05, 3.63) is 0 Å². The fraction of sp³-hybridized carbons (Fsp3) is 1.00. The van der Waals surface area contributed by atoms with Gasteiger partial charge in [-0.25, -0.2) is 0 Å². The molecule has 2 heterocycles. The quantitative estimate of drug-likeness (QED) is 0.109. The first-order chi connectivity index (χ1) is 24.2. The Balaban J connectivity index is 2.95. The van der Waals surface area contributed by atoms with E-state index < -0.39 is 128 Å². The van der Waals surface area contributed by atoms with Gasteiger partial charge in [0.1, 0.15) is 48.8 Å². The molecule has 0 aliphatic carbocycles. The molecule has 10 unspecified atom stereocenters. The Morgan fingerprint density at radius 3 is 0.891 bits per heavy atom. The lowest BCUT2D eigenvalue weighted by molar-refractivity contribution is -0.344. The second-order valence-corrected chi connectivity index (χ2v) is 59.0. The second-order valence-electron chi connectivity index (χ2n) is 23.2. The van der Waals surface area contributed by atoms with Crippen molar-refractivity contribution in [1.82, 2.24) is 0 Å². The Bertz CT molecular complexity index is 1180. The van der Waals surface area contributed by atoms with E-state index in [1.165, 1.54) is 0 Å². The van der Waals surface area contributed by atoms with Crippen molar-refractivity contribution in [1.29, 1.82) is 0 Å². The molecular formula is C36H86O11Si8. The first-order valence-corrected chi connectivity index (χ1v) is 47.8. The first-order valence-electron chi connectivity index (χ1n) is 20.5. The maximum absolute atomic E-state index is 7.53. The molecule has 0 amide bonds. The van der Waals surface area contributed by atoms with Gasteiger partial charge in [-0.3, -0.25) is 0 Å². The molecule has 2 rings (SSSR count). The predicted octanol–water partition coefficient (Wildman–Crippen LogP) is 9.48. The summed E-state index contributed by atoms with van der Waals surface area (Å²) in [7, 11) is -17.0. The molecule has 0 bridgehead atoms. The summed E-state index contributed by atoms with van der Waals surface area (Å²) in [5.41, 5.74) is 0. The van der Waals surface area contributed by atoms with Crippen LogP contribution in [0.3, 0.4) is 0 Å². The fourth-order valence-corrected chi connectivity index (χ4v) is 13.9. The Morgan fingerprint density at radius 2 is 0.564 bits per heavy atom. The molecule has 0 radical (unpaired) electrons. The number of hydrogen-bond donors (Lipinski definition) is 0. The van der Waals surface area contributed by atoms with Crippen LogP contribution in [-0.4, -0.2) is 141 Å². The van der Waals surface area contributed by atoms with Crippen molar-refractivity contribution >= 4 is 66.5 Å². The number of hydrogen-bond acceptors (Lipinski definition) is 11. The number of rotatable bonds is 20. The molecule has 10 atom stereocenters. The molecule has 0 aromatic rings. The van der Waals surface area contributed by atoms with E-state index >= 15 is 0 Å². The van der Waals surface area contributed by atoms with Gasteiger partial charge in [-0.05, 0) is 157 Å². The standard InChI is InChI=1S/C36H86O11Si8/c1-48(2,3)37-25-27-29(42-50(7,8)9)31(33(45-53(16,17)18)36(40-27)47-55(22,23)24)41-35-34(46-54(19,20)21)32(44-52(13,14)15)30(43-51(10,11)12)28(39-35)26-38-49(4,5)6/h27-36H,25-26H2,1-24H3. The lowest BCUT2D eigenvalue weighted by Gasteiger charge is -2.54. The summed E-state index contributed by atoms with van der Waals surface area (Å²) in [5, 5.41) is 0. The molecule has 19 heteroatoms. The van der Waals surface area contributed by atoms with Crippen LogP contribution in [0.15, 0.2) is 0 Å². The third-order valence-electron chi connectivity index (χ3n) is 7.75. The summed E-state index contributed by atoms with van der Waals surface area (Å²) in [5.74, 6) is 0. The van der Waals surface area contributed by atoms with Gasteiger partial charge in [0.25, 0.3) is 0 Å². The highest BCUT2D eigenvalue weighted by molar-refractivity contribution is 6.72. The van der Waals surface area contributed by atoms with Crippen LogP contribution in [0.4, 0.5) is 0 Å². The van der Waals surface area contributed by atoms with Crippen LogP contribution in [0, 0.1) is 0 Å². The summed E-state index contributed by atoms with van der Waals surface area (Å²) in [4.78, 5) is 0. The van der Waals surface area contributed by atoms with E-state index in [0.717, 1.165) is 0 Å². The molecule has 2 fully saturated rings. The molecule has 2 aliphatic heterocycles. The van der Waals surface area contributed by atoms with Gasteiger partial charge in [0.2, 0.25) is 0 Å². The van der Waals surface area contributed by atoms with E-state index in [1.807, 2.05) is 0 Å². The molecule has 55 heavy (non-hydrogen) atoms. The van der Waals surface area contributed by atoms with Crippen molar-refractivity contribution in [2.24, 2.45) is 0 Å². The number of ether oxygens (including phenoxy) is 3.